The van der Waals surface area contributed by atoms with Gasteiger partial charge in [0.1, 0.15) is 5.75 Å². The predicted octanol–water partition coefficient (Wildman–Crippen LogP) is 3.30. The quantitative estimate of drug-likeness (QED) is 0.722. The topological polar surface area (TPSA) is 26.3 Å². The van der Waals surface area contributed by atoms with Crippen LogP contribution in [0.25, 0.3) is 5.57 Å². The molecule has 18 heavy (non-hydrogen) atoms. The van der Waals surface area contributed by atoms with Crippen molar-refractivity contribution in [2.75, 3.05) is 6.61 Å². The van der Waals surface area contributed by atoms with Crippen molar-refractivity contribution in [1.29, 1.82) is 0 Å². The van der Waals surface area contributed by atoms with E-state index >= 15 is 0 Å². The van der Waals surface area contributed by atoms with E-state index in [0.29, 0.717) is 18.8 Å². The highest BCUT2D eigenvalue weighted by molar-refractivity contribution is 6.88. The smallest absolute Gasteiger partial charge is 0.155 e. The summed E-state index contributed by atoms with van der Waals surface area (Å²) in [6.45, 7) is 7.43. The number of carbonyl (C=O) groups is 1. The SMILES string of the molecule is C[Si](C)(C)C1=C2c3ccccc3OCC2CC1=O. The lowest BCUT2D eigenvalue weighted by Crippen LogP contribution is -2.28. The fourth-order valence-corrected chi connectivity index (χ4v) is 5.19. The van der Waals surface area contributed by atoms with Crippen LogP contribution in [0, 0.1) is 5.92 Å². The maximum atomic E-state index is 12.3. The molecule has 3 rings (SSSR count). The molecule has 0 spiro atoms. The van der Waals surface area contributed by atoms with Crippen molar-refractivity contribution in [3.05, 3.63) is 35.0 Å². The van der Waals surface area contributed by atoms with Crippen LogP contribution in [-0.4, -0.2) is 20.5 Å². The minimum Gasteiger partial charge on any atom is -0.492 e. The minimum absolute atomic E-state index is 0.286. The maximum absolute atomic E-state index is 12.3. The van der Waals surface area contributed by atoms with Crippen molar-refractivity contribution >= 4 is 19.4 Å². The first-order valence-corrected chi connectivity index (χ1v) is 9.98. The first-order valence-electron chi connectivity index (χ1n) is 6.48. The molecule has 0 saturated heterocycles. The molecule has 2 nitrogen and oxygen atoms in total. The van der Waals surface area contributed by atoms with Gasteiger partial charge >= 0.3 is 0 Å². The Hall–Kier alpha value is -1.35. The molecule has 1 aliphatic carbocycles. The van der Waals surface area contributed by atoms with Gasteiger partial charge in [-0.3, -0.25) is 4.79 Å². The van der Waals surface area contributed by atoms with Crippen molar-refractivity contribution in [2.24, 2.45) is 5.92 Å². The molecule has 0 bridgehead atoms. The Morgan fingerprint density at radius 2 is 1.94 bits per heavy atom. The summed E-state index contributed by atoms with van der Waals surface area (Å²) >= 11 is 0. The van der Waals surface area contributed by atoms with Crippen LogP contribution in [0.1, 0.15) is 12.0 Å². The number of fused-ring (bicyclic) bond motifs is 3. The zero-order valence-electron chi connectivity index (χ0n) is 11.1. The number of para-hydroxylation sites is 1. The van der Waals surface area contributed by atoms with Gasteiger partial charge in [-0.15, -0.1) is 0 Å². The summed E-state index contributed by atoms with van der Waals surface area (Å²) in [6, 6.07) is 8.12. The second-order valence-corrected chi connectivity index (χ2v) is 11.2. The van der Waals surface area contributed by atoms with E-state index in [1.54, 1.807) is 0 Å². The Labute approximate surface area is 109 Å². The van der Waals surface area contributed by atoms with E-state index < -0.39 is 8.07 Å². The van der Waals surface area contributed by atoms with E-state index in [1.807, 2.05) is 18.2 Å². The molecule has 0 saturated carbocycles. The first-order chi connectivity index (χ1) is 8.48. The van der Waals surface area contributed by atoms with Crippen molar-refractivity contribution in [2.45, 2.75) is 26.1 Å². The molecule has 0 amide bonds. The minimum atomic E-state index is -1.59. The van der Waals surface area contributed by atoms with Crippen molar-refractivity contribution in [3.8, 4) is 5.75 Å². The third-order valence-corrected chi connectivity index (χ3v) is 5.80. The molecule has 1 aromatic rings. The average Bonchev–Trinajstić information content (AvgIpc) is 2.65. The average molecular weight is 258 g/mol. The van der Waals surface area contributed by atoms with Crippen molar-refractivity contribution in [1.82, 2.24) is 0 Å². The number of carbonyl (C=O) groups excluding carboxylic acids is 1. The number of hydrogen-bond acceptors (Lipinski definition) is 2. The molecule has 3 heteroatoms. The fourth-order valence-electron chi connectivity index (χ4n) is 3.11. The highest BCUT2D eigenvalue weighted by Crippen LogP contribution is 2.46. The summed E-state index contributed by atoms with van der Waals surface area (Å²) in [5.74, 6) is 1.58. The molecule has 94 valence electrons. The molecule has 0 aromatic heterocycles. The Kier molecular flexibility index (Phi) is 2.49. The summed E-state index contributed by atoms with van der Waals surface area (Å²) < 4.78 is 5.78. The Bertz CT molecular complexity index is 552. The summed E-state index contributed by atoms with van der Waals surface area (Å²) in [6.07, 6.45) is 0.642. The van der Waals surface area contributed by atoms with Gasteiger partial charge in [-0.25, -0.2) is 0 Å². The van der Waals surface area contributed by atoms with Crippen LogP contribution in [0.4, 0.5) is 0 Å². The third-order valence-electron chi connectivity index (χ3n) is 3.76. The fraction of sp³-hybridized carbons (Fsp3) is 0.400. The lowest BCUT2D eigenvalue weighted by Gasteiger charge is -2.27. The molecule has 0 fully saturated rings. The number of ether oxygens (including phenoxy) is 1. The maximum Gasteiger partial charge on any atom is 0.155 e. The van der Waals surface area contributed by atoms with Gasteiger partial charge in [0.2, 0.25) is 0 Å². The number of benzene rings is 1. The standard InChI is InChI=1S/C15H18O2Si/c1-18(2,3)15-12(16)8-10-9-17-13-7-5-4-6-11(13)14(10)15/h4-7,10H,8-9H2,1-3H3. The van der Waals surface area contributed by atoms with E-state index in [4.69, 9.17) is 4.74 Å². The largest absolute Gasteiger partial charge is 0.492 e. The van der Waals surface area contributed by atoms with Gasteiger partial charge in [-0.2, -0.15) is 0 Å². The summed E-state index contributed by atoms with van der Waals surface area (Å²) in [7, 11) is -1.59. The zero-order chi connectivity index (χ0) is 12.9. The summed E-state index contributed by atoms with van der Waals surface area (Å²) in [5.41, 5.74) is 2.44. The molecule has 0 N–H and O–H groups in total. The van der Waals surface area contributed by atoms with E-state index in [1.165, 1.54) is 5.57 Å². The van der Waals surface area contributed by atoms with Gasteiger partial charge in [0.05, 0.1) is 14.7 Å². The second-order valence-electron chi connectivity index (χ2n) is 6.17. The lowest BCUT2D eigenvalue weighted by atomic mass is 9.93. The third kappa shape index (κ3) is 1.65. The van der Waals surface area contributed by atoms with Crippen LogP contribution in [-0.2, 0) is 4.79 Å². The van der Waals surface area contributed by atoms with E-state index in [2.05, 4.69) is 25.7 Å². The number of allylic oxidation sites excluding steroid dienone is 1. The van der Waals surface area contributed by atoms with E-state index in [9.17, 15) is 4.79 Å². The molecule has 0 radical (unpaired) electrons. The van der Waals surface area contributed by atoms with Gasteiger partial charge in [-0.05, 0) is 16.8 Å². The van der Waals surface area contributed by atoms with Crippen LogP contribution < -0.4 is 4.74 Å². The molecule has 1 aromatic carbocycles. The number of ketones is 1. The molecule has 1 unspecified atom stereocenters. The van der Waals surface area contributed by atoms with Crippen LogP contribution in [0.3, 0.4) is 0 Å². The van der Waals surface area contributed by atoms with Crippen LogP contribution in [0.2, 0.25) is 19.6 Å². The molecule has 1 atom stereocenters. The number of rotatable bonds is 1. The first kappa shape index (κ1) is 11.7. The summed E-state index contributed by atoms with van der Waals surface area (Å²) in [5, 5.41) is 1.14. The van der Waals surface area contributed by atoms with Gasteiger partial charge in [0.25, 0.3) is 0 Å². The molecule has 1 aliphatic heterocycles. The molecular weight excluding hydrogens is 240 g/mol. The Morgan fingerprint density at radius 1 is 1.22 bits per heavy atom. The van der Waals surface area contributed by atoms with E-state index in [0.717, 1.165) is 16.5 Å². The second kappa shape index (κ2) is 3.82. The van der Waals surface area contributed by atoms with E-state index in [-0.39, 0.29) is 5.92 Å². The van der Waals surface area contributed by atoms with Crippen LogP contribution >= 0.6 is 0 Å². The molecule has 2 aliphatic rings. The normalized spacial score (nSPS) is 22.6. The van der Waals surface area contributed by atoms with Gasteiger partial charge in [-0.1, -0.05) is 37.8 Å². The van der Waals surface area contributed by atoms with Crippen molar-refractivity contribution in [3.63, 3.8) is 0 Å². The highest BCUT2D eigenvalue weighted by atomic mass is 28.3. The number of Topliss-reactive ketones (excluding diaryl/α,β-unsaturated/α-hetero) is 1. The molecular formula is C15H18O2Si. The van der Waals surface area contributed by atoms with Crippen LogP contribution in [0.15, 0.2) is 29.5 Å². The monoisotopic (exact) mass is 258 g/mol. The Balaban J connectivity index is 2.26. The van der Waals surface area contributed by atoms with Crippen molar-refractivity contribution < 1.29 is 9.53 Å². The highest BCUT2D eigenvalue weighted by Gasteiger charge is 2.41. The van der Waals surface area contributed by atoms with Gasteiger partial charge in [0, 0.05) is 17.9 Å². The summed E-state index contributed by atoms with van der Waals surface area (Å²) in [4.78, 5) is 12.3. The Morgan fingerprint density at radius 3 is 2.67 bits per heavy atom. The molecule has 1 heterocycles. The number of hydrogen-bond donors (Lipinski definition) is 0. The predicted molar refractivity (Wildman–Crippen MR) is 75.3 cm³/mol. The van der Waals surface area contributed by atoms with Gasteiger partial charge in [0.15, 0.2) is 5.78 Å². The lowest BCUT2D eigenvalue weighted by molar-refractivity contribution is -0.115. The van der Waals surface area contributed by atoms with Gasteiger partial charge < -0.3 is 4.74 Å². The van der Waals surface area contributed by atoms with Crippen LogP contribution in [0.5, 0.6) is 5.75 Å². The zero-order valence-corrected chi connectivity index (χ0v) is 12.1.